The summed E-state index contributed by atoms with van der Waals surface area (Å²) in [4.78, 5) is 24.8. The van der Waals surface area contributed by atoms with Gasteiger partial charge in [0.2, 0.25) is 0 Å². The van der Waals surface area contributed by atoms with Crippen molar-refractivity contribution in [1.29, 1.82) is 0 Å². The first-order valence-electron chi connectivity index (χ1n) is 12.9. The van der Waals surface area contributed by atoms with Gasteiger partial charge in [0.25, 0.3) is 0 Å². The van der Waals surface area contributed by atoms with E-state index in [0.717, 1.165) is 66.8 Å². The lowest BCUT2D eigenvalue weighted by Crippen LogP contribution is -2.29. The number of rotatable bonds is 9. The quantitative estimate of drug-likeness (QED) is 0.409. The van der Waals surface area contributed by atoms with Gasteiger partial charge in [-0.05, 0) is 69.0 Å². The lowest BCUT2D eigenvalue weighted by molar-refractivity contribution is -0.134. The number of pyridine rings is 1. The number of ketones is 1. The van der Waals surface area contributed by atoms with Crippen molar-refractivity contribution in [2.45, 2.75) is 83.7 Å². The third-order valence-electron chi connectivity index (χ3n) is 7.53. The molecule has 192 valence electrons. The predicted octanol–water partition coefficient (Wildman–Crippen LogP) is 6.14. The Labute approximate surface area is 210 Å². The molecule has 0 atom stereocenters. The lowest BCUT2D eigenvalue weighted by atomic mass is 9.78. The van der Waals surface area contributed by atoms with E-state index in [2.05, 4.69) is 14.9 Å². The van der Waals surface area contributed by atoms with Crippen LogP contribution in [0.25, 0.3) is 0 Å². The summed E-state index contributed by atoms with van der Waals surface area (Å²) in [6.07, 6.45) is 5.68. The molecule has 1 aliphatic heterocycles. The van der Waals surface area contributed by atoms with Crippen LogP contribution in [0.15, 0.2) is 18.3 Å². The number of carbonyl (C=O) groups excluding carboxylic acids is 1. The fraction of sp³-hybridized carbons (Fsp3) is 0.667. The summed E-state index contributed by atoms with van der Waals surface area (Å²) in [5.41, 5.74) is 2.71. The number of aromatic nitrogens is 2. The fourth-order valence-corrected chi connectivity index (χ4v) is 6.29. The molecule has 1 aliphatic carbocycles. The summed E-state index contributed by atoms with van der Waals surface area (Å²) in [6, 6.07) is 3.75. The molecule has 0 saturated heterocycles. The molecular formula is C27H36F3N3OS. The van der Waals surface area contributed by atoms with Crippen LogP contribution in [-0.2, 0) is 30.5 Å². The van der Waals surface area contributed by atoms with Crippen LogP contribution in [-0.4, -0.2) is 46.5 Å². The van der Waals surface area contributed by atoms with Crippen molar-refractivity contribution in [3.63, 3.8) is 0 Å². The summed E-state index contributed by atoms with van der Waals surface area (Å²) in [5.74, 6) is 1.60. The zero-order valence-corrected chi connectivity index (χ0v) is 21.4. The Bertz CT molecular complexity index is 982. The third-order valence-corrected chi connectivity index (χ3v) is 8.44. The van der Waals surface area contributed by atoms with Gasteiger partial charge in [0.15, 0.2) is 0 Å². The van der Waals surface area contributed by atoms with Crippen LogP contribution in [0.3, 0.4) is 0 Å². The van der Waals surface area contributed by atoms with E-state index < -0.39 is 12.6 Å². The predicted molar refractivity (Wildman–Crippen MR) is 133 cm³/mol. The summed E-state index contributed by atoms with van der Waals surface area (Å²) >= 11 is 1.62. The second-order valence-electron chi connectivity index (χ2n) is 10.3. The van der Waals surface area contributed by atoms with Crippen molar-refractivity contribution in [1.82, 2.24) is 14.9 Å². The maximum absolute atomic E-state index is 12.5. The van der Waals surface area contributed by atoms with Crippen LogP contribution in [0.1, 0.15) is 71.8 Å². The molecular weight excluding hydrogens is 471 g/mol. The maximum atomic E-state index is 12.5. The van der Waals surface area contributed by atoms with Gasteiger partial charge in [0.1, 0.15) is 5.78 Å². The molecule has 0 radical (unpaired) electrons. The highest BCUT2D eigenvalue weighted by atomic mass is 32.1. The summed E-state index contributed by atoms with van der Waals surface area (Å²) in [7, 11) is 0. The van der Waals surface area contributed by atoms with Gasteiger partial charge in [-0.15, -0.1) is 11.3 Å². The average Bonchev–Trinajstić information content (AvgIpc) is 3.10. The first-order valence-corrected chi connectivity index (χ1v) is 13.7. The van der Waals surface area contributed by atoms with Gasteiger partial charge < -0.3 is 4.90 Å². The molecule has 4 rings (SSSR count). The smallest absolute Gasteiger partial charge is 0.303 e. The molecule has 1 saturated carbocycles. The first kappa shape index (κ1) is 26.3. The zero-order chi connectivity index (χ0) is 24.8. The monoisotopic (exact) mass is 507 g/mol. The van der Waals surface area contributed by atoms with Crippen molar-refractivity contribution in [2.24, 2.45) is 11.8 Å². The number of hydrogen-bond acceptors (Lipinski definition) is 5. The number of carbonyl (C=O) groups is 1. The fourth-order valence-electron chi connectivity index (χ4n) is 5.47. The van der Waals surface area contributed by atoms with Crippen LogP contribution in [0.2, 0.25) is 0 Å². The highest BCUT2D eigenvalue weighted by molar-refractivity contribution is 7.11. The van der Waals surface area contributed by atoms with Crippen LogP contribution in [0.5, 0.6) is 0 Å². The number of halogens is 3. The van der Waals surface area contributed by atoms with Crippen LogP contribution in [0, 0.1) is 18.8 Å². The Morgan fingerprint density at radius 3 is 2.57 bits per heavy atom. The number of hydrogen-bond donors (Lipinski definition) is 0. The Morgan fingerprint density at radius 2 is 1.86 bits per heavy atom. The summed E-state index contributed by atoms with van der Waals surface area (Å²) in [6.45, 7) is 4.94. The number of nitrogens with zero attached hydrogens (tertiary/aromatic N) is 3. The van der Waals surface area contributed by atoms with Crippen molar-refractivity contribution >= 4 is 17.1 Å². The number of alkyl halides is 3. The van der Waals surface area contributed by atoms with E-state index in [9.17, 15) is 18.0 Å². The van der Waals surface area contributed by atoms with Crippen LogP contribution >= 0.6 is 11.3 Å². The molecule has 2 aromatic rings. The summed E-state index contributed by atoms with van der Waals surface area (Å²) in [5, 5.41) is 1.02. The van der Waals surface area contributed by atoms with E-state index in [4.69, 9.17) is 0 Å². The zero-order valence-electron chi connectivity index (χ0n) is 20.6. The second-order valence-corrected chi connectivity index (χ2v) is 11.6. The van der Waals surface area contributed by atoms with Gasteiger partial charge in [-0.3, -0.25) is 9.78 Å². The minimum Gasteiger partial charge on any atom is -0.303 e. The van der Waals surface area contributed by atoms with E-state index in [1.165, 1.54) is 24.8 Å². The minimum atomic E-state index is -4.14. The number of thiazole rings is 1. The molecule has 8 heteroatoms. The van der Waals surface area contributed by atoms with Crippen molar-refractivity contribution in [3.05, 3.63) is 45.2 Å². The highest BCUT2D eigenvalue weighted by Crippen LogP contribution is 2.33. The SMILES string of the molecule is Cc1ncc(CC(=O)CC2CCC(CCN3CCc4ccc(CCC(F)(F)F)nc4CC3)CC2)s1. The third kappa shape index (κ3) is 8.38. The van der Waals surface area contributed by atoms with Gasteiger partial charge in [-0.25, -0.2) is 4.98 Å². The molecule has 0 aromatic carbocycles. The van der Waals surface area contributed by atoms with Gasteiger partial charge in [0, 0.05) is 61.2 Å². The molecule has 2 aromatic heterocycles. The Kier molecular flexibility index (Phi) is 8.97. The molecule has 35 heavy (non-hydrogen) atoms. The number of fused-ring (bicyclic) bond motifs is 1. The maximum Gasteiger partial charge on any atom is 0.389 e. The van der Waals surface area contributed by atoms with E-state index >= 15 is 0 Å². The van der Waals surface area contributed by atoms with Crippen molar-refractivity contribution < 1.29 is 18.0 Å². The van der Waals surface area contributed by atoms with Gasteiger partial charge in [0.05, 0.1) is 5.01 Å². The Hall–Kier alpha value is -1.80. The van der Waals surface area contributed by atoms with Gasteiger partial charge in [-0.1, -0.05) is 18.9 Å². The van der Waals surface area contributed by atoms with Crippen molar-refractivity contribution in [2.75, 3.05) is 19.6 Å². The van der Waals surface area contributed by atoms with E-state index in [-0.39, 0.29) is 6.42 Å². The molecule has 1 fully saturated rings. The van der Waals surface area contributed by atoms with Crippen LogP contribution in [0.4, 0.5) is 13.2 Å². The minimum absolute atomic E-state index is 0.0420. The Morgan fingerprint density at radius 1 is 1.11 bits per heavy atom. The van der Waals surface area contributed by atoms with Crippen molar-refractivity contribution in [3.8, 4) is 0 Å². The van der Waals surface area contributed by atoms with E-state index in [0.29, 0.717) is 30.2 Å². The average molecular weight is 508 g/mol. The van der Waals surface area contributed by atoms with Gasteiger partial charge >= 0.3 is 6.18 Å². The van der Waals surface area contributed by atoms with Gasteiger partial charge in [-0.2, -0.15) is 13.2 Å². The molecule has 0 N–H and O–H groups in total. The first-order chi connectivity index (χ1) is 16.7. The second kappa shape index (κ2) is 12.0. The number of aryl methyl sites for hydroxylation is 2. The highest BCUT2D eigenvalue weighted by Gasteiger charge is 2.27. The van der Waals surface area contributed by atoms with E-state index in [1.54, 1.807) is 17.4 Å². The Balaban J connectivity index is 1.16. The molecule has 0 amide bonds. The molecule has 4 nitrogen and oxygen atoms in total. The molecule has 3 heterocycles. The number of Topliss-reactive ketones (excluding diaryl/α,β-unsaturated/α-hetero) is 1. The molecule has 0 bridgehead atoms. The summed E-state index contributed by atoms with van der Waals surface area (Å²) < 4.78 is 37.6. The lowest BCUT2D eigenvalue weighted by Gasteiger charge is -2.30. The topological polar surface area (TPSA) is 46.1 Å². The largest absolute Gasteiger partial charge is 0.389 e. The van der Waals surface area contributed by atoms with E-state index in [1.807, 2.05) is 19.2 Å². The molecule has 0 unspecified atom stereocenters. The molecule has 0 spiro atoms. The van der Waals surface area contributed by atoms with Crippen LogP contribution < -0.4 is 0 Å². The standard InChI is InChI=1S/C27H36F3N3OS/c1-19-31-18-25(35-19)17-24(34)16-21-4-2-20(3-5-21)9-13-33-14-10-22-6-7-23(8-12-27(28,29)30)32-26(22)11-15-33/h6-7,18,20-21H,2-5,8-17H2,1H3. The normalized spacial score (nSPS) is 21.5. The molecule has 2 aliphatic rings.